The molecule has 2 aromatic carbocycles. The average Bonchev–Trinajstić information content (AvgIpc) is 3.10. The van der Waals surface area contributed by atoms with Crippen molar-refractivity contribution in [2.24, 2.45) is 0 Å². The summed E-state index contributed by atoms with van der Waals surface area (Å²) < 4.78 is 0. The van der Waals surface area contributed by atoms with Gasteiger partial charge >= 0.3 is 0 Å². The first kappa shape index (κ1) is 21.1. The predicted octanol–water partition coefficient (Wildman–Crippen LogP) is 2.87. The van der Waals surface area contributed by atoms with Crippen molar-refractivity contribution in [2.45, 2.75) is 32.7 Å². The molecule has 2 heterocycles. The van der Waals surface area contributed by atoms with Crippen molar-refractivity contribution in [2.75, 3.05) is 36.4 Å². The molecule has 2 aliphatic rings. The molecule has 1 unspecified atom stereocenters. The monoisotopic (exact) mass is 420 g/mol. The van der Waals surface area contributed by atoms with Crippen molar-refractivity contribution >= 4 is 29.1 Å². The third-order valence-electron chi connectivity index (χ3n) is 5.90. The number of nitrogens with one attached hydrogen (secondary N) is 2. The van der Waals surface area contributed by atoms with Gasteiger partial charge in [0.15, 0.2) is 0 Å². The molecule has 2 aromatic rings. The minimum atomic E-state index is -0.405. The average molecular weight is 421 g/mol. The maximum Gasteiger partial charge on any atom is 0.253 e. The molecule has 2 N–H and O–H groups in total. The van der Waals surface area contributed by atoms with Crippen LogP contribution in [0, 0.1) is 6.92 Å². The third-order valence-corrected chi connectivity index (χ3v) is 5.90. The quantitative estimate of drug-likeness (QED) is 0.783. The molecule has 1 atom stereocenters. The largest absolute Gasteiger partial charge is 0.337 e. The number of carbonyl (C=O) groups is 3. The first-order valence-electron chi connectivity index (χ1n) is 10.7. The molecule has 0 aromatic heterocycles. The Balaban J connectivity index is 1.71. The van der Waals surface area contributed by atoms with Gasteiger partial charge in [-0.3, -0.25) is 14.4 Å². The van der Waals surface area contributed by atoms with Crippen molar-refractivity contribution in [1.82, 2.24) is 10.2 Å². The van der Waals surface area contributed by atoms with Crippen LogP contribution in [0.3, 0.4) is 0 Å². The van der Waals surface area contributed by atoms with E-state index in [9.17, 15) is 14.4 Å². The van der Waals surface area contributed by atoms with Gasteiger partial charge in [0.2, 0.25) is 11.8 Å². The molecule has 7 heteroatoms. The lowest BCUT2D eigenvalue weighted by Gasteiger charge is -2.30. The fourth-order valence-electron chi connectivity index (χ4n) is 4.29. The Morgan fingerprint density at radius 1 is 1.03 bits per heavy atom. The normalized spacial score (nSPS) is 19.2. The van der Waals surface area contributed by atoms with E-state index in [4.69, 9.17) is 0 Å². The summed E-state index contributed by atoms with van der Waals surface area (Å²) in [5.74, 6) is -0.394. The first-order chi connectivity index (χ1) is 14.9. The molecule has 0 saturated carbocycles. The standard InChI is InChI=1S/C24H28N4O3/c1-16-4-6-18(7-5-16)22-15-23(30)26-20-14-19(8-9-21(20)28(22)17(2)29)24(31)27-12-3-10-25-11-13-27/h4-9,14,22,25H,3,10-13,15H2,1-2H3,(H,26,30). The minimum absolute atomic E-state index is 0.0607. The van der Waals surface area contributed by atoms with E-state index in [0.29, 0.717) is 30.0 Å². The summed E-state index contributed by atoms with van der Waals surface area (Å²) in [6.07, 6.45) is 1.06. The topological polar surface area (TPSA) is 81.8 Å². The van der Waals surface area contributed by atoms with E-state index in [2.05, 4.69) is 10.6 Å². The van der Waals surface area contributed by atoms with Crippen LogP contribution in [0.25, 0.3) is 0 Å². The number of hydrogen-bond donors (Lipinski definition) is 2. The Bertz CT molecular complexity index is 994. The van der Waals surface area contributed by atoms with E-state index in [-0.39, 0.29) is 24.1 Å². The fraction of sp³-hybridized carbons (Fsp3) is 0.375. The summed E-state index contributed by atoms with van der Waals surface area (Å²) in [6, 6.07) is 12.7. The van der Waals surface area contributed by atoms with Crippen LogP contribution in [0.5, 0.6) is 0 Å². The van der Waals surface area contributed by atoms with Gasteiger partial charge in [0.1, 0.15) is 0 Å². The lowest BCUT2D eigenvalue weighted by molar-refractivity contribution is -0.118. The second-order valence-corrected chi connectivity index (χ2v) is 8.20. The van der Waals surface area contributed by atoms with Crippen LogP contribution >= 0.6 is 0 Å². The number of amides is 3. The number of aryl methyl sites for hydroxylation is 1. The van der Waals surface area contributed by atoms with Gasteiger partial charge in [0.05, 0.1) is 23.8 Å². The molecule has 31 heavy (non-hydrogen) atoms. The van der Waals surface area contributed by atoms with Gasteiger partial charge in [0.25, 0.3) is 5.91 Å². The molecule has 4 rings (SSSR count). The van der Waals surface area contributed by atoms with E-state index in [1.54, 1.807) is 23.1 Å². The molecule has 0 radical (unpaired) electrons. The molecule has 162 valence electrons. The smallest absolute Gasteiger partial charge is 0.253 e. The van der Waals surface area contributed by atoms with Gasteiger partial charge in [-0.05, 0) is 43.7 Å². The molecule has 0 bridgehead atoms. The SMILES string of the molecule is CC(=O)N1c2ccc(C(=O)N3CCCNCC3)cc2NC(=O)CC1c1ccc(C)cc1. The number of carbonyl (C=O) groups excluding carboxylic acids is 3. The fourth-order valence-corrected chi connectivity index (χ4v) is 4.29. The Kier molecular flexibility index (Phi) is 6.04. The van der Waals surface area contributed by atoms with Gasteiger partial charge < -0.3 is 20.4 Å². The summed E-state index contributed by atoms with van der Waals surface area (Å²) in [4.78, 5) is 42.0. The van der Waals surface area contributed by atoms with Crippen molar-refractivity contribution in [3.8, 4) is 0 Å². The maximum atomic E-state index is 13.0. The van der Waals surface area contributed by atoms with Crippen molar-refractivity contribution in [3.05, 3.63) is 59.2 Å². The van der Waals surface area contributed by atoms with E-state index < -0.39 is 6.04 Å². The number of benzene rings is 2. The Morgan fingerprint density at radius 2 is 1.81 bits per heavy atom. The van der Waals surface area contributed by atoms with Gasteiger partial charge in [-0.1, -0.05) is 29.8 Å². The number of rotatable bonds is 2. The molecular weight excluding hydrogens is 392 g/mol. The number of fused-ring (bicyclic) bond motifs is 1. The third kappa shape index (κ3) is 4.46. The maximum absolute atomic E-state index is 13.0. The van der Waals surface area contributed by atoms with Gasteiger partial charge in [0, 0.05) is 32.1 Å². The molecule has 2 aliphatic heterocycles. The van der Waals surface area contributed by atoms with Gasteiger partial charge in [-0.2, -0.15) is 0 Å². The van der Waals surface area contributed by atoms with E-state index in [1.165, 1.54) is 6.92 Å². The van der Waals surface area contributed by atoms with Crippen LogP contribution in [0.1, 0.15) is 47.3 Å². The zero-order valence-electron chi connectivity index (χ0n) is 18.0. The Morgan fingerprint density at radius 3 is 2.55 bits per heavy atom. The highest BCUT2D eigenvalue weighted by Crippen LogP contribution is 2.39. The zero-order chi connectivity index (χ0) is 22.0. The lowest BCUT2D eigenvalue weighted by Crippen LogP contribution is -2.34. The molecule has 1 saturated heterocycles. The number of anilines is 2. The summed E-state index contributed by atoms with van der Waals surface area (Å²) in [7, 11) is 0. The van der Waals surface area contributed by atoms with Gasteiger partial charge in [-0.15, -0.1) is 0 Å². The predicted molar refractivity (Wildman–Crippen MR) is 120 cm³/mol. The lowest BCUT2D eigenvalue weighted by atomic mass is 10.00. The van der Waals surface area contributed by atoms with Crippen LogP contribution in [0.4, 0.5) is 11.4 Å². The van der Waals surface area contributed by atoms with Gasteiger partial charge in [-0.25, -0.2) is 0 Å². The summed E-state index contributed by atoms with van der Waals surface area (Å²) >= 11 is 0. The Labute approximate surface area is 182 Å². The minimum Gasteiger partial charge on any atom is -0.337 e. The van der Waals surface area contributed by atoms with Crippen LogP contribution in [0.15, 0.2) is 42.5 Å². The van der Waals surface area contributed by atoms with Crippen LogP contribution in [-0.2, 0) is 9.59 Å². The zero-order valence-corrected chi connectivity index (χ0v) is 18.0. The first-order valence-corrected chi connectivity index (χ1v) is 10.7. The molecule has 0 aliphatic carbocycles. The number of nitrogens with zero attached hydrogens (tertiary/aromatic N) is 2. The molecule has 7 nitrogen and oxygen atoms in total. The molecular formula is C24H28N4O3. The van der Waals surface area contributed by atoms with Crippen molar-refractivity contribution < 1.29 is 14.4 Å². The highest BCUT2D eigenvalue weighted by atomic mass is 16.2. The highest BCUT2D eigenvalue weighted by Gasteiger charge is 2.32. The molecule has 3 amide bonds. The van der Waals surface area contributed by atoms with Crippen molar-refractivity contribution in [1.29, 1.82) is 0 Å². The van der Waals surface area contributed by atoms with Crippen molar-refractivity contribution in [3.63, 3.8) is 0 Å². The van der Waals surface area contributed by atoms with E-state index >= 15 is 0 Å². The summed E-state index contributed by atoms with van der Waals surface area (Å²) in [6.45, 7) is 6.52. The van der Waals surface area contributed by atoms with E-state index in [0.717, 1.165) is 30.6 Å². The molecule has 1 fully saturated rings. The highest BCUT2D eigenvalue weighted by molar-refractivity contribution is 6.06. The summed E-state index contributed by atoms with van der Waals surface area (Å²) in [5, 5.41) is 6.21. The second-order valence-electron chi connectivity index (χ2n) is 8.20. The summed E-state index contributed by atoms with van der Waals surface area (Å²) in [5.41, 5.74) is 3.63. The Hall–Kier alpha value is -3.19. The number of hydrogen-bond acceptors (Lipinski definition) is 4. The van der Waals surface area contributed by atoms with Crippen LogP contribution in [0.2, 0.25) is 0 Å². The van der Waals surface area contributed by atoms with E-state index in [1.807, 2.05) is 36.1 Å². The van der Waals surface area contributed by atoms with Crippen LogP contribution in [-0.4, -0.2) is 48.8 Å². The molecule has 0 spiro atoms. The van der Waals surface area contributed by atoms with Crippen LogP contribution < -0.4 is 15.5 Å². The second kappa shape index (κ2) is 8.89.